The van der Waals surface area contributed by atoms with E-state index in [0.717, 1.165) is 22.4 Å². The zero-order chi connectivity index (χ0) is 20.4. The Morgan fingerprint density at radius 3 is 2.48 bits per heavy atom. The van der Waals surface area contributed by atoms with Gasteiger partial charge in [0.1, 0.15) is 0 Å². The van der Waals surface area contributed by atoms with E-state index in [-0.39, 0.29) is 18.2 Å². The minimum atomic E-state index is -0.911. The molecule has 6 heteroatoms. The van der Waals surface area contributed by atoms with Gasteiger partial charge >= 0.3 is 0 Å². The van der Waals surface area contributed by atoms with Crippen LogP contribution in [0.3, 0.4) is 0 Å². The third kappa shape index (κ3) is 3.53. The van der Waals surface area contributed by atoms with E-state index in [9.17, 15) is 9.59 Å². The Balaban J connectivity index is 1.64. The second-order valence-electron chi connectivity index (χ2n) is 7.60. The number of carbonyl (C=O) groups excluding carboxylic acids is 2. The highest BCUT2D eigenvalue weighted by Gasteiger charge is 2.50. The number of hydrogen-bond acceptors (Lipinski definition) is 3. The Morgan fingerprint density at radius 2 is 1.76 bits per heavy atom. The lowest BCUT2D eigenvalue weighted by Gasteiger charge is -2.28. The standard InChI is InChI=1S/C23H24N4O2/c1-26-16-18(15-25-26)14-24-21(28)13-23(12-17-8-4-3-5-9-17)19-10-6-7-11-20(19)27(2)22(23)29/h3-11,15-16H,12-14H2,1-2H3,(H,24,28)/t23-/m0/s1. The number of fused-ring (bicyclic) bond motifs is 1. The van der Waals surface area contributed by atoms with Crippen LogP contribution in [-0.4, -0.2) is 28.6 Å². The zero-order valence-electron chi connectivity index (χ0n) is 16.6. The first-order valence-electron chi connectivity index (χ1n) is 9.65. The van der Waals surface area contributed by atoms with E-state index in [1.807, 2.05) is 67.8 Å². The van der Waals surface area contributed by atoms with Gasteiger partial charge < -0.3 is 10.2 Å². The van der Waals surface area contributed by atoms with Crippen molar-refractivity contribution in [2.75, 3.05) is 11.9 Å². The van der Waals surface area contributed by atoms with Crippen LogP contribution >= 0.6 is 0 Å². The van der Waals surface area contributed by atoms with E-state index >= 15 is 0 Å². The molecule has 0 bridgehead atoms. The third-order valence-electron chi connectivity index (χ3n) is 5.55. The highest BCUT2D eigenvalue weighted by atomic mass is 16.2. The van der Waals surface area contributed by atoms with Crippen LogP contribution in [0.4, 0.5) is 5.69 Å². The number of hydrogen-bond donors (Lipinski definition) is 1. The molecule has 0 saturated carbocycles. The third-order valence-corrected chi connectivity index (χ3v) is 5.55. The summed E-state index contributed by atoms with van der Waals surface area (Å²) < 4.78 is 1.70. The molecule has 0 saturated heterocycles. The number of likely N-dealkylation sites (N-methyl/N-ethyl adjacent to an activating group) is 1. The van der Waals surface area contributed by atoms with Crippen molar-refractivity contribution in [1.82, 2.24) is 15.1 Å². The molecule has 1 N–H and O–H groups in total. The molecular weight excluding hydrogens is 364 g/mol. The number of aromatic nitrogens is 2. The first-order chi connectivity index (χ1) is 14.0. The van der Waals surface area contributed by atoms with Gasteiger partial charge in [-0.1, -0.05) is 48.5 Å². The molecule has 2 aromatic carbocycles. The predicted octanol–water partition coefficient (Wildman–Crippen LogP) is 2.58. The highest BCUT2D eigenvalue weighted by molar-refractivity contribution is 6.09. The topological polar surface area (TPSA) is 67.2 Å². The molecule has 148 valence electrons. The molecule has 1 atom stereocenters. The van der Waals surface area contributed by atoms with Gasteiger partial charge in [0.2, 0.25) is 11.8 Å². The molecule has 0 radical (unpaired) electrons. The molecule has 3 aromatic rings. The van der Waals surface area contributed by atoms with Gasteiger partial charge in [0.25, 0.3) is 0 Å². The van der Waals surface area contributed by atoms with Crippen molar-refractivity contribution in [3.63, 3.8) is 0 Å². The van der Waals surface area contributed by atoms with Gasteiger partial charge in [0.15, 0.2) is 0 Å². The average molecular weight is 388 g/mol. The Kier molecular flexibility index (Phi) is 4.92. The number of anilines is 1. The molecule has 2 heterocycles. The van der Waals surface area contributed by atoms with Crippen molar-refractivity contribution in [2.45, 2.75) is 24.8 Å². The Labute approximate surface area is 170 Å². The van der Waals surface area contributed by atoms with Crippen molar-refractivity contribution >= 4 is 17.5 Å². The fourth-order valence-corrected chi connectivity index (χ4v) is 4.17. The van der Waals surface area contributed by atoms with Crippen LogP contribution in [0.1, 0.15) is 23.1 Å². The van der Waals surface area contributed by atoms with E-state index < -0.39 is 5.41 Å². The van der Waals surface area contributed by atoms with Crippen LogP contribution in [-0.2, 0) is 35.0 Å². The van der Waals surface area contributed by atoms with Crippen LogP contribution in [0.25, 0.3) is 0 Å². The molecule has 29 heavy (non-hydrogen) atoms. The van der Waals surface area contributed by atoms with Crippen molar-refractivity contribution < 1.29 is 9.59 Å². The van der Waals surface area contributed by atoms with E-state index in [2.05, 4.69) is 10.4 Å². The second-order valence-corrected chi connectivity index (χ2v) is 7.60. The van der Waals surface area contributed by atoms with Crippen LogP contribution < -0.4 is 10.2 Å². The monoisotopic (exact) mass is 388 g/mol. The zero-order valence-corrected chi connectivity index (χ0v) is 16.6. The summed E-state index contributed by atoms with van der Waals surface area (Å²) in [5.41, 5.74) is 2.83. The lowest BCUT2D eigenvalue weighted by Crippen LogP contribution is -2.44. The van der Waals surface area contributed by atoms with Crippen molar-refractivity contribution in [3.05, 3.63) is 83.7 Å². The summed E-state index contributed by atoms with van der Waals surface area (Å²) in [5, 5.41) is 7.08. The van der Waals surface area contributed by atoms with Crippen LogP contribution in [0.5, 0.6) is 0 Å². The Morgan fingerprint density at radius 1 is 1.03 bits per heavy atom. The summed E-state index contributed by atoms with van der Waals surface area (Å²) in [5.74, 6) is -0.192. The highest BCUT2D eigenvalue weighted by Crippen LogP contribution is 2.45. The van der Waals surface area contributed by atoms with Gasteiger partial charge in [0, 0.05) is 44.5 Å². The maximum atomic E-state index is 13.4. The number of nitrogens with zero attached hydrogens (tertiary/aromatic N) is 3. The fourth-order valence-electron chi connectivity index (χ4n) is 4.17. The summed E-state index contributed by atoms with van der Waals surface area (Å²) in [6, 6.07) is 17.6. The fraction of sp³-hybridized carbons (Fsp3) is 0.261. The summed E-state index contributed by atoms with van der Waals surface area (Å²) in [7, 11) is 3.62. The van der Waals surface area contributed by atoms with Gasteiger partial charge in [-0.2, -0.15) is 5.10 Å². The van der Waals surface area contributed by atoms with Gasteiger partial charge in [-0.05, 0) is 23.6 Å². The second kappa shape index (κ2) is 7.54. The molecule has 1 aromatic heterocycles. The number of amides is 2. The smallest absolute Gasteiger partial charge is 0.238 e. The van der Waals surface area contributed by atoms with E-state index in [0.29, 0.717) is 13.0 Å². The molecule has 6 nitrogen and oxygen atoms in total. The largest absolute Gasteiger partial charge is 0.352 e. The van der Waals surface area contributed by atoms with Crippen molar-refractivity contribution in [2.24, 2.45) is 7.05 Å². The summed E-state index contributed by atoms with van der Waals surface area (Å²) in [6.45, 7) is 0.389. The summed E-state index contributed by atoms with van der Waals surface area (Å²) >= 11 is 0. The lowest BCUT2D eigenvalue weighted by molar-refractivity contribution is -0.129. The SMILES string of the molecule is CN1C(=O)[C@](CC(=O)NCc2cnn(C)c2)(Cc2ccccc2)c2ccccc21. The maximum absolute atomic E-state index is 13.4. The van der Waals surface area contributed by atoms with Gasteiger partial charge in [-0.25, -0.2) is 0 Å². The van der Waals surface area contributed by atoms with E-state index in [1.54, 1.807) is 22.8 Å². The normalized spacial score (nSPS) is 18.0. The van der Waals surface area contributed by atoms with E-state index in [4.69, 9.17) is 0 Å². The molecule has 1 aliphatic heterocycles. The number of carbonyl (C=O) groups is 2. The molecule has 2 amide bonds. The predicted molar refractivity (Wildman–Crippen MR) is 111 cm³/mol. The Bertz CT molecular complexity index is 1040. The first-order valence-corrected chi connectivity index (χ1v) is 9.65. The minimum absolute atomic E-state index is 0.0425. The molecule has 0 aliphatic carbocycles. The molecule has 0 unspecified atom stereocenters. The van der Waals surface area contributed by atoms with Gasteiger partial charge in [0.05, 0.1) is 11.6 Å². The van der Waals surface area contributed by atoms with Crippen LogP contribution in [0.15, 0.2) is 67.0 Å². The summed E-state index contributed by atoms with van der Waals surface area (Å²) in [6.07, 6.45) is 4.17. The number of aryl methyl sites for hydroxylation is 1. The first kappa shape index (κ1) is 18.9. The van der Waals surface area contributed by atoms with Crippen molar-refractivity contribution in [3.8, 4) is 0 Å². The van der Waals surface area contributed by atoms with Crippen molar-refractivity contribution in [1.29, 1.82) is 0 Å². The molecule has 4 rings (SSSR count). The Hall–Kier alpha value is -3.41. The van der Waals surface area contributed by atoms with Crippen LogP contribution in [0, 0.1) is 0 Å². The average Bonchev–Trinajstić information content (AvgIpc) is 3.23. The molecule has 1 aliphatic rings. The van der Waals surface area contributed by atoms with E-state index in [1.165, 1.54) is 0 Å². The number of benzene rings is 2. The minimum Gasteiger partial charge on any atom is -0.352 e. The quantitative estimate of drug-likeness (QED) is 0.706. The number of rotatable bonds is 6. The molecule has 0 fully saturated rings. The summed E-state index contributed by atoms with van der Waals surface area (Å²) in [4.78, 5) is 28.0. The number of nitrogens with one attached hydrogen (secondary N) is 1. The number of para-hydroxylation sites is 1. The van der Waals surface area contributed by atoms with Crippen LogP contribution in [0.2, 0.25) is 0 Å². The van der Waals surface area contributed by atoms with Gasteiger partial charge in [-0.15, -0.1) is 0 Å². The van der Waals surface area contributed by atoms with Gasteiger partial charge in [-0.3, -0.25) is 14.3 Å². The lowest BCUT2D eigenvalue weighted by atomic mass is 9.73. The molecular formula is C23H24N4O2. The molecule has 0 spiro atoms. The maximum Gasteiger partial charge on any atom is 0.238 e.